The quantitative estimate of drug-likeness (QED) is 0.650. The highest BCUT2D eigenvalue weighted by molar-refractivity contribution is 5.58. The first-order valence-electron chi connectivity index (χ1n) is 6.06. The first-order chi connectivity index (χ1) is 9.25. The molecule has 0 amide bonds. The fourth-order valence-corrected chi connectivity index (χ4v) is 1.96. The van der Waals surface area contributed by atoms with Crippen LogP contribution < -0.4 is 9.79 Å². The van der Waals surface area contributed by atoms with Crippen LogP contribution in [-0.2, 0) is 0 Å². The fraction of sp³-hybridized carbons (Fsp3) is 0.0667. The molecule has 0 saturated heterocycles. The summed E-state index contributed by atoms with van der Waals surface area (Å²) in [5.41, 5.74) is 2.54. The highest BCUT2D eigenvalue weighted by Gasteiger charge is 2.11. The summed E-state index contributed by atoms with van der Waals surface area (Å²) in [7, 11) is 0. The summed E-state index contributed by atoms with van der Waals surface area (Å²) in [4.78, 5) is 0. The molecule has 3 rings (SSSR count). The van der Waals surface area contributed by atoms with Crippen molar-refractivity contribution >= 4 is 17.8 Å². The van der Waals surface area contributed by atoms with Gasteiger partial charge in [-0.15, -0.1) is 4.68 Å². The zero-order valence-corrected chi connectivity index (χ0v) is 10.5. The number of aromatic nitrogens is 3. The van der Waals surface area contributed by atoms with Crippen LogP contribution in [0.25, 0.3) is 17.8 Å². The van der Waals surface area contributed by atoms with E-state index in [9.17, 15) is 5.11 Å². The minimum absolute atomic E-state index is 0.115. The van der Waals surface area contributed by atoms with Crippen molar-refractivity contribution in [2.75, 3.05) is 0 Å². The van der Waals surface area contributed by atoms with Crippen molar-refractivity contribution in [3.8, 4) is 5.88 Å². The third-order valence-corrected chi connectivity index (χ3v) is 2.97. The lowest BCUT2D eigenvalue weighted by Gasteiger charge is -1.96. The van der Waals surface area contributed by atoms with Crippen molar-refractivity contribution in [1.82, 2.24) is 9.73 Å². The predicted octanol–water partition coefficient (Wildman–Crippen LogP) is 1.63. The average molecular weight is 251 g/mol. The van der Waals surface area contributed by atoms with Crippen LogP contribution in [0.3, 0.4) is 0 Å². The number of hydrogen-bond donors (Lipinski definition) is 0. The van der Waals surface area contributed by atoms with Gasteiger partial charge in [-0.1, -0.05) is 40.9 Å². The molecule has 94 valence electrons. The first kappa shape index (κ1) is 11.5. The molecule has 0 radical (unpaired) electrons. The van der Waals surface area contributed by atoms with Gasteiger partial charge in [-0.2, -0.15) is 0 Å². The van der Waals surface area contributed by atoms with Crippen LogP contribution in [0.15, 0.2) is 48.5 Å². The topological polar surface area (TPSA) is 44.2 Å². The summed E-state index contributed by atoms with van der Waals surface area (Å²) in [6.07, 6.45) is 3.55. The molecule has 0 fully saturated rings. The van der Waals surface area contributed by atoms with Gasteiger partial charge in [-0.3, -0.25) is 0 Å². The lowest BCUT2D eigenvalue weighted by molar-refractivity contribution is -0.679. The summed E-state index contributed by atoms with van der Waals surface area (Å²) in [6.45, 7) is 1.92. The summed E-state index contributed by atoms with van der Waals surface area (Å²) in [6, 6.07) is 15.4. The minimum atomic E-state index is -0.115. The Kier molecular flexibility index (Phi) is 2.76. The second kappa shape index (κ2) is 4.57. The monoisotopic (exact) mass is 251 g/mol. The van der Waals surface area contributed by atoms with Gasteiger partial charge in [0.15, 0.2) is 5.52 Å². The molecule has 2 aromatic heterocycles. The normalized spacial score (nSPS) is 11.4. The molecule has 19 heavy (non-hydrogen) atoms. The molecule has 0 aliphatic rings. The van der Waals surface area contributed by atoms with Crippen molar-refractivity contribution in [2.45, 2.75) is 6.92 Å². The van der Waals surface area contributed by atoms with Crippen molar-refractivity contribution in [1.29, 1.82) is 0 Å². The van der Waals surface area contributed by atoms with Crippen molar-refractivity contribution in [2.24, 2.45) is 0 Å². The Bertz CT molecular complexity index is 745. The Labute approximate surface area is 110 Å². The van der Waals surface area contributed by atoms with E-state index in [2.05, 4.69) is 5.21 Å². The van der Waals surface area contributed by atoms with Crippen LogP contribution in [0.5, 0.6) is 5.88 Å². The fourth-order valence-electron chi connectivity index (χ4n) is 1.96. The second-order valence-corrected chi connectivity index (χ2v) is 4.33. The molecule has 4 heteroatoms. The van der Waals surface area contributed by atoms with E-state index in [0.717, 1.165) is 11.3 Å². The van der Waals surface area contributed by atoms with Gasteiger partial charge in [0, 0.05) is 6.92 Å². The summed E-state index contributed by atoms with van der Waals surface area (Å²) in [5.74, 6) is -0.115. The Balaban J connectivity index is 2.04. The van der Waals surface area contributed by atoms with Crippen LogP contribution in [0.1, 0.15) is 11.3 Å². The number of hydrogen-bond acceptors (Lipinski definition) is 2. The predicted molar refractivity (Wildman–Crippen MR) is 71.2 cm³/mol. The molecule has 1 aromatic carbocycles. The number of aryl methyl sites for hydroxylation is 1. The lowest BCUT2D eigenvalue weighted by Crippen LogP contribution is -2.32. The highest BCUT2D eigenvalue weighted by atomic mass is 16.3. The van der Waals surface area contributed by atoms with E-state index in [1.165, 1.54) is 4.68 Å². The van der Waals surface area contributed by atoms with E-state index in [4.69, 9.17) is 0 Å². The van der Waals surface area contributed by atoms with Gasteiger partial charge in [0.05, 0.1) is 0 Å². The maximum Gasteiger partial charge on any atom is 0.190 e. The van der Waals surface area contributed by atoms with E-state index < -0.39 is 0 Å². The van der Waals surface area contributed by atoms with Crippen LogP contribution in [-0.4, -0.2) is 9.73 Å². The zero-order valence-electron chi connectivity index (χ0n) is 10.5. The summed E-state index contributed by atoms with van der Waals surface area (Å²) >= 11 is 0. The molecule has 0 atom stereocenters. The van der Waals surface area contributed by atoms with Gasteiger partial charge in [-0.05, 0) is 23.8 Å². The molecular weight excluding hydrogens is 238 g/mol. The molecule has 2 heterocycles. The second-order valence-electron chi connectivity index (χ2n) is 4.33. The lowest BCUT2D eigenvalue weighted by atomic mass is 10.2. The maximum atomic E-state index is 12.1. The Morgan fingerprint density at radius 1 is 1.11 bits per heavy atom. The first-order valence-corrected chi connectivity index (χ1v) is 6.06. The van der Waals surface area contributed by atoms with E-state index >= 15 is 0 Å². The molecule has 0 bridgehead atoms. The molecule has 4 nitrogen and oxygen atoms in total. The van der Waals surface area contributed by atoms with E-state index in [1.807, 2.05) is 55.5 Å². The third kappa shape index (κ3) is 2.08. The molecular formula is C15H13N3O. The summed E-state index contributed by atoms with van der Waals surface area (Å²) in [5, 5.41) is 16.4. The Morgan fingerprint density at radius 2 is 1.89 bits per heavy atom. The Hall–Kier alpha value is -2.62. The molecule has 0 aliphatic heterocycles. The zero-order chi connectivity index (χ0) is 13.2. The van der Waals surface area contributed by atoms with Crippen molar-refractivity contribution in [3.63, 3.8) is 0 Å². The number of fused-ring (bicyclic) bond motifs is 1. The summed E-state index contributed by atoms with van der Waals surface area (Å²) < 4.78 is 3.01. The number of benzene rings is 1. The smallest absolute Gasteiger partial charge is 0.190 e. The van der Waals surface area contributed by atoms with Gasteiger partial charge in [-0.25, -0.2) is 0 Å². The van der Waals surface area contributed by atoms with Gasteiger partial charge >= 0.3 is 0 Å². The van der Waals surface area contributed by atoms with Crippen LogP contribution >= 0.6 is 0 Å². The molecule has 0 spiro atoms. The van der Waals surface area contributed by atoms with Crippen molar-refractivity contribution < 1.29 is 9.79 Å². The van der Waals surface area contributed by atoms with Crippen LogP contribution in [0.2, 0.25) is 0 Å². The van der Waals surface area contributed by atoms with E-state index in [0.29, 0.717) is 5.52 Å². The van der Waals surface area contributed by atoms with Crippen molar-refractivity contribution in [3.05, 3.63) is 59.8 Å². The van der Waals surface area contributed by atoms with E-state index in [-0.39, 0.29) is 5.88 Å². The average Bonchev–Trinajstić information content (AvgIpc) is 2.77. The largest absolute Gasteiger partial charge is 0.837 e. The molecule has 0 N–H and O–H groups in total. The maximum absolute atomic E-state index is 12.1. The van der Waals surface area contributed by atoms with Crippen LogP contribution in [0, 0.1) is 6.92 Å². The minimum Gasteiger partial charge on any atom is -0.837 e. The molecule has 0 aliphatic carbocycles. The number of rotatable bonds is 2. The van der Waals surface area contributed by atoms with Gasteiger partial charge in [0.1, 0.15) is 23.0 Å². The van der Waals surface area contributed by atoms with Gasteiger partial charge in [0.2, 0.25) is 0 Å². The SMILES string of the molecule is Cc1cccc2c([O-])[n+](/C=C/c3ccccc3)nn12. The standard InChI is InChI=1S/C15H13N3O/c1-12-6-5-9-14-15(19)17(16-18(12)14)11-10-13-7-3-2-4-8-13/h2-11H,1H3/b11-10+. The molecule has 0 saturated carbocycles. The molecule has 3 aromatic rings. The molecule has 0 unspecified atom stereocenters. The van der Waals surface area contributed by atoms with E-state index in [1.54, 1.807) is 16.8 Å². The Morgan fingerprint density at radius 3 is 2.63 bits per heavy atom. The number of pyridine rings is 1. The number of nitrogens with zero attached hydrogens (tertiary/aromatic N) is 3. The van der Waals surface area contributed by atoms with Crippen LogP contribution in [0.4, 0.5) is 0 Å². The third-order valence-electron chi connectivity index (χ3n) is 2.97. The van der Waals surface area contributed by atoms with Gasteiger partial charge < -0.3 is 5.11 Å². The highest BCUT2D eigenvalue weighted by Crippen LogP contribution is 2.11. The van der Waals surface area contributed by atoms with Gasteiger partial charge in [0.25, 0.3) is 0 Å².